The third-order valence-electron chi connectivity index (χ3n) is 2.83. The van der Waals surface area contributed by atoms with E-state index in [9.17, 15) is 0 Å². The number of aromatic nitrogens is 2. The molecule has 0 atom stereocenters. The standard InChI is InChI=1S/C12H12ClN3O2/c1-16-10(14)6-9(15-16)7-2-3-8(13)12-11(7)17-4-5-18-12/h2-3,6H,4-5,14H2,1H3. The van der Waals surface area contributed by atoms with Crippen LogP contribution in [0.1, 0.15) is 0 Å². The van der Waals surface area contributed by atoms with Gasteiger partial charge in [-0.2, -0.15) is 5.10 Å². The van der Waals surface area contributed by atoms with Gasteiger partial charge >= 0.3 is 0 Å². The van der Waals surface area contributed by atoms with Crippen molar-refractivity contribution in [3.63, 3.8) is 0 Å². The van der Waals surface area contributed by atoms with Crippen LogP contribution >= 0.6 is 11.6 Å². The number of fused-ring (bicyclic) bond motifs is 1. The van der Waals surface area contributed by atoms with Gasteiger partial charge in [-0.15, -0.1) is 0 Å². The van der Waals surface area contributed by atoms with Crippen LogP contribution < -0.4 is 15.2 Å². The predicted molar refractivity (Wildman–Crippen MR) is 69.1 cm³/mol. The average Bonchev–Trinajstić information content (AvgIpc) is 2.70. The van der Waals surface area contributed by atoms with Crippen molar-refractivity contribution in [3.8, 4) is 22.8 Å². The fraction of sp³-hybridized carbons (Fsp3) is 0.250. The average molecular weight is 266 g/mol. The van der Waals surface area contributed by atoms with Crippen molar-refractivity contribution >= 4 is 17.4 Å². The molecule has 0 amide bonds. The maximum atomic E-state index is 6.08. The summed E-state index contributed by atoms with van der Waals surface area (Å²) in [5, 5.41) is 4.87. The van der Waals surface area contributed by atoms with Crippen molar-refractivity contribution < 1.29 is 9.47 Å². The number of anilines is 1. The fourth-order valence-electron chi connectivity index (χ4n) is 1.92. The number of benzene rings is 1. The minimum Gasteiger partial charge on any atom is -0.485 e. The number of nitrogen functional groups attached to an aromatic ring is 1. The van der Waals surface area contributed by atoms with Crippen LogP contribution in [-0.4, -0.2) is 23.0 Å². The van der Waals surface area contributed by atoms with Gasteiger partial charge in [0.15, 0.2) is 11.5 Å². The van der Waals surface area contributed by atoms with Gasteiger partial charge in [0.25, 0.3) is 0 Å². The van der Waals surface area contributed by atoms with Crippen molar-refractivity contribution in [1.82, 2.24) is 9.78 Å². The molecule has 0 saturated carbocycles. The van der Waals surface area contributed by atoms with E-state index in [1.807, 2.05) is 6.07 Å². The van der Waals surface area contributed by atoms with E-state index in [4.69, 9.17) is 26.8 Å². The van der Waals surface area contributed by atoms with Crippen molar-refractivity contribution in [2.24, 2.45) is 7.05 Å². The summed E-state index contributed by atoms with van der Waals surface area (Å²) in [6, 6.07) is 5.42. The molecule has 5 nitrogen and oxygen atoms in total. The second-order valence-electron chi connectivity index (χ2n) is 4.03. The molecule has 0 fully saturated rings. The molecule has 0 unspecified atom stereocenters. The normalized spacial score (nSPS) is 13.7. The SMILES string of the molecule is Cn1nc(-c2ccc(Cl)c3c2OCCO3)cc1N. The highest BCUT2D eigenvalue weighted by Gasteiger charge is 2.21. The molecule has 0 radical (unpaired) electrons. The smallest absolute Gasteiger partial charge is 0.180 e. The van der Waals surface area contributed by atoms with Gasteiger partial charge in [-0.25, -0.2) is 0 Å². The summed E-state index contributed by atoms with van der Waals surface area (Å²) in [5.74, 6) is 1.79. The van der Waals surface area contributed by atoms with Crippen LogP contribution in [0.2, 0.25) is 5.02 Å². The first kappa shape index (κ1) is 11.2. The van der Waals surface area contributed by atoms with Gasteiger partial charge in [0.1, 0.15) is 19.0 Å². The Morgan fingerprint density at radius 2 is 2.00 bits per heavy atom. The lowest BCUT2D eigenvalue weighted by atomic mass is 10.1. The molecule has 2 N–H and O–H groups in total. The Balaban J connectivity index is 2.18. The van der Waals surface area contributed by atoms with Gasteiger partial charge in [0.05, 0.1) is 10.7 Å². The Morgan fingerprint density at radius 1 is 1.28 bits per heavy atom. The van der Waals surface area contributed by atoms with E-state index in [2.05, 4.69) is 5.10 Å². The van der Waals surface area contributed by atoms with E-state index >= 15 is 0 Å². The van der Waals surface area contributed by atoms with Crippen molar-refractivity contribution in [1.29, 1.82) is 0 Å². The first-order valence-electron chi connectivity index (χ1n) is 5.55. The highest BCUT2D eigenvalue weighted by molar-refractivity contribution is 6.32. The zero-order valence-corrected chi connectivity index (χ0v) is 10.6. The van der Waals surface area contributed by atoms with Crippen LogP contribution in [0.5, 0.6) is 11.5 Å². The van der Waals surface area contributed by atoms with Crippen LogP contribution in [0.3, 0.4) is 0 Å². The molecule has 94 valence electrons. The lowest BCUT2D eigenvalue weighted by Crippen LogP contribution is -2.16. The van der Waals surface area contributed by atoms with Crippen molar-refractivity contribution in [2.75, 3.05) is 18.9 Å². The zero-order valence-electron chi connectivity index (χ0n) is 9.81. The summed E-state index contributed by atoms with van der Waals surface area (Å²) < 4.78 is 12.8. The molecule has 1 aliphatic heterocycles. The lowest BCUT2D eigenvalue weighted by molar-refractivity contribution is 0.172. The topological polar surface area (TPSA) is 62.3 Å². The van der Waals surface area contributed by atoms with Gasteiger partial charge in [0, 0.05) is 18.7 Å². The first-order valence-corrected chi connectivity index (χ1v) is 5.92. The van der Waals surface area contributed by atoms with E-state index in [-0.39, 0.29) is 0 Å². The Bertz CT molecular complexity index is 590. The summed E-state index contributed by atoms with van der Waals surface area (Å²) in [7, 11) is 1.79. The molecule has 0 bridgehead atoms. The van der Waals surface area contributed by atoms with Crippen LogP contribution in [0.15, 0.2) is 18.2 Å². The Morgan fingerprint density at radius 3 is 2.67 bits per heavy atom. The molecule has 6 heteroatoms. The van der Waals surface area contributed by atoms with Gasteiger partial charge in [-0.3, -0.25) is 4.68 Å². The van der Waals surface area contributed by atoms with Crippen LogP contribution in [0.4, 0.5) is 5.82 Å². The molecular formula is C12H12ClN3O2. The minimum atomic E-state index is 0.501. The van der Waals surface area contributed by atoms with Gasteiger partial charge in [-0.05, 0) is 12.1 Å². The number of nitrogens with two attached hydrogens (primary N) is 1. The molecular weight excluding hydrogens is 254 g/mol. The van der Waals surface area contributed by atoms with Crippen molar-refractivity contribution in [3.05, 3.63) is 23.2 Å². The third-order valence-corrected chi connectivity index (χ3v) is 3.13. The molecule has 3 rings (SSSR count). The van der Waals surface area contributed by atoms with E-state index in [0.717, 1.165) is 11.3 Å². The van der Waals surface area contributed by atoms with E-state index in [1.165, 1.54) is 0 Å². The summed E-state index contributed by atoms with van der Waals surface area (Å²) >= 11 is 6.08. The van der Waals surface area contributed by atoms with Crippen LogP contribution in [-0.2, 0) is 7.05 Å². The second-order valence-corrected chi connectivity index (χ2v) is 4.44. The van der Waals surface area contributed by atoms with E-state index < -0.39 is 0 Å². The quantitative estimate of drug-likeness (QED) is 0.858. The third kappa shape index (κ3) is 1.67. The molecule has 0 spiro atoms. The minimum absolute atomic E-state index is 0.501. The number of hydrogen-bond donors (Lipinski definition) is 1. The van der Waals surface area contributed by atoms with Crippen molar-refractivity contribution in [2.45, 2.75) is 0 Å². The van der Waals surface area contributed by atoms with Gasteiger partial charge < -0.3 is 15.2 Å². The number of hydrogen-bond acceptors (Lipinski definition) is 4. The summed E-state index contributed by atoms with van der Waals surface area (Å²) in [6.45, 7) is 1.00. The molecule has 0 aliphatic carbocycles. The van der Waals surface area contributed by atoms with Crippen LogP contribution in [0.25, 0.3) is 11.3 Å². The number of rotatable bonds is 1. The zero-order chi connectivity index (χ0) is 12.7. The van der Waals surface area contributed by atoms with Gasteiger partial charge in [-0.1, -0.05) is 11.6 Å². The van der Waals surface area contributed by atoms with Gasteiger partial charge in [0.2, 0.25) is 0 Å². The van der Waals surface area contributed by atoms with E-state index in [1.54, 1.807) is 23.9 Å². The Hall–Kier alpha value is -1.88. The predicted octanol–water partition coefficient (Wildman–Crippen LogP) is 2.09. The summed E-state index contributed by atoms with van der Waals surface area (Å²) in [6.07, 6.45) is 0. The maximum absolute atomic E-state index is 6.08. The monoisotopic (exact) mass is 265 g/mol. The van der Waals surface area contributed by atoms with E-state index in [0.29, 0.717) is 35.6 Å². The highest BCUT2D eigenvalue weighted by atomic mass is 35.5. The number of nitrogens with zero attached hydrogens (tertiary/aromatic N) is 2. The molecule has 1 aromatic carbocycles. The largest absolute Gasteiger partial charge is 0.485 e. The number of ether oxygens (including phenoxy) is 2. The molecule has 18 heavy (non-hydrogen) atoms. The Labute approximate surface area is 109 Å². The molecule has 1 aromatic heterocycles. The fourth-order valence-corrected chi connectivity index (χ4v) is 2.12. The lowest BCUT2D eigenvalue weighted by Gasteiger charge is -2.21. The summed E-state index contributed by atoms with van der Waals surface area (Å²) in [4.78, 5) is 0. The first-order chi connectivity index (χ1) is 8.66. The highest BCUT2D eigenvalue weighted by Crippen LogP contribution is 2.44. The maximum Gasteiger partial charge on any atom is 0.180 e. The number of halogens is 1. The number of aryl methyl sites for hydroxylation is 1. The Kier molecular flexibility index (Phi) is 2.56. The second kappa shape index (κ2) is 4.10. The molecule has 2 aromatic rings. The summed E-state index contributed by atoms with van der Waals surface area (Å²) in [5.41, 5.74) is 7.36. The molecule has 1 aliphatic rings. The molecule has 2 heterocycles. The molecule has 0 saturated heterocycles. The van der Waals surface area contributed by atoms with Crippen LogP contribution in [0, 0.1) is 0 Å².